The van der Waals surface area contributed by atoms with Crippen molar-refractivity contribution < 1.29 is 9.84 Å². The number of thiazole rings is 1. The van der Waals surface area contributed by atoms with Crippen LogP contribution in [0.15, 0.2) is 18.3 Å². The summed E-state index contributed by atoms with van der Waals surface area (Å²) in [7, 11) is 3.84. The van der Waals surface area contributed by atoms with Crippen LogP contribution < -0.4 is 5.32 Å². The van der Waals surface area contributed by atoms with Crippen molar-refractivity contribution in [2.45, 2.75) is 26.0 Å². The maximum atomic E-state index is 10.3. The molecule has 138 valence electrons. The summed E-state index contributed by atoms with van der Waals surface area (Å²) in [6.07, 6.45) is 2.08. The van der Waals surface area contributed by atoms with Crippen molar-refractivity contribution in [3.05, 3.63) is 29.5 Å². The SMILES string of the molecule is CO[C@H]1CN(C)C[C@@H]1Nc1nc2nn(-c3c(C)cc(C)cc3O)cc2s1. The van der Waals surface area contributed by atoms with E-state index in [1.807, 2.05) is 26.1 Å². The molecule has 1 aliphatic rings. The number of aryl methyl sites for hydroxylation is 2. The smallest absolute Gasteiger partial charge is 0.194 e. The molecule has 2 aromatic heterocycles. The van der Waals surface area contributed by atoms with E-state index in [-0.39, 0.29) is 17.9 Å². The first-order chi connectivity index (χ1) is 12.4. The minimum atomic E-state index is 0.156. The zero-order chi connectivity index (χ0) is 18.4. The molecule has 3 aromatic rings. The van der Waals surface area contributed by atoms with Gasteiger partial charge in [-0.25, -0.2) is 4.68 Å². The summed E-state index contributed by atoms with van der Waals surface area (Å²) in [5.41, 5.74) is 3.38. The lowest BCUT2D eigenvalue weighted by atomic mass is 10.1. The van der Waals surface area contributed by atoms with E-state index in [0.29, 0.717) is 11.3 Å². The molecule has 8 heteroatoms. The Morgan fingerprint density at radius 3 is 2.81 bits per heavy atom. The number of fused-ring (bicyclic) bond motifs is 1. The topological polar surface area (TPSA) is 75.4 Å². The highest BCUT2D eigenvalue weighted by Crippen LogP contribution is 2.31. The first kappa shape index (κ1) is 17.3. The number of phenols is 1. The van der Waals surface area contributed by atoms with E-state index in [1.54, 1.807) is 29.2 Å². The fourth-order valence-corrected chi connectivity index (χ4v) is 4.51. The molecule has 0 saturated carbocycles. The van der Waals surface area contributed by atoms with Crippen molar-refractivity contribution in [3.63, 3.8) is 0 Å². The van der Waals surface area contributed by atoms with Gasteiger partial charge >= 0.3 is 0 Å². The molecule has 0 spiro atoms. The van der Waals surface area contributed by atoms with Crippen LogP contribution in [0.2, 0.25) is 0 Å². The quantitative estimate of drug-likeness (QED) is 0.732. The monoisotopic (exact) mass is 373 g/mol. The van der Waals surface area contributed by atoms with Crippen molar-refractivity contribution >= 4 is 26.8 Å². The van der Waals surface area contributed by atoms with E-state index in [9.17, 15) is 5.11 Å². The molecule has 1 fully saturated rings. The molecule has 0 radical (unpaired) electrons. The lowest BCUT2D eigenvalue weighted by Crippen LogP contribution is -2.33. The molecule has 2 atom stereocenters. The van der Waals surface area contributed by atoms with E-state index in [2.05, 4.69) is 27.3 Å². The van der Waals surface area contributed by atoms with Crippen LogP contribution in [0.3, 0.4) is 0 Å². The van der Waals surface area contributed by atoms with Crippen molar-refractivity contribution in [1.29, 1.82) is 0 Å². The number of hydrogen-bond acceptors (Lipinski definition) is 7. The summed E-state index contributed by atoms with van der Waals surface area (Å²) in [4.78, 5) is 6.86. The third-order valence-corrected chi connectivity index (χ3v) is 5.70. The van der Waals surface area contributed by atoms with Gasteiger partial charge in [0.15, 0.2) is 10.8 Å². The maximum Gasteiger partial charge on any atom is 0.194 e. The van der Waals surface area contributed by atoms with Gasteiger partial charge in [-0.3, -0.25) is 0 Å². The number of benzene rings is 1. The molecule has 0 amide bonds. The molecular formula is C18H23N5O2S. The zero-order valence-electron chi connectivity index (χ0n) is 15.4. The number of likely N-dealkylation sites (tertiary alicyclic amines) is 1. The number of rotatable bonds is 4. The van der Waals surface area contributed by atoms with Crippen LogP contribution in [0.1, 0.15) is 11.1 Å². The number of nitrogens with one attached hydrogen (secondary N) is 1. The molecule has 26 heavy (non-hydrogen) atoms. The summed E-state index contributed by atoms with van der Waals surface area (Å²) >= 11 is 1.57. The van der Waals surface area contributed by atoms with Crippen LogP contribution in [-0.2, 0) is 4.74 Å². The minimum absolute atomic E-state index is 0.156. The molecule has 0 bridgehead atoms. The van der Waals surface area contributed by atoms with Gasteiger partial charge in [0.05, 0.1) is 23.0 Å². The first-order valence-corrected chi connectivity index (χ1v) is 9.41. The Morgan fingerprint density at radius 1 is 1.31 bits per heavy atom. The standard InChI is InChI=1S/C18H23N5O2S/c1-10-5-11(2)16(13(24)6-10)23-9-15-17(21-23)20-18(26-15)19-12-7-22(3)8-14(12)25-4/h5-6,9,12,14,24H,7-8H2,1-4H3,(H,19,20,21)/t12-,14-/m0/s1. The van der Waals surface area contributed by atoms with E-state index in [1.165, 1.54) is 0 Å². The number of aromatic hydroxyl groups is 1. The van der Waals surface area contributed by atoms with Gasteiger partial charge in [-0.2, -0.15) is 4.98 Å². The predicted molar refractivity (Wildman–Crippen MR) is 104 cm³/mol. The van der Waals surface area contributed by atoms with Gasteiger partial charge in [-0.05, 0) is 38.1 Å². The molecule has 7 nitrogen and oxygen atoms in total. The van der Waals surface area contributed by atoms with Gasteiger partial charge in [0.1, 0.15) is 11.4 Å². The van der Waals surface area contributed by atoms with E-state index in [4.69, 9.17) is 4.74 Å². The Kier molecular flexibility index (Phi) is 4.34. The van der Waals surface area contributed by atoms with Crippen LogP contribution >= 0.6 is 11.3 Å². The fraction of sp³-hybridized carbons (Fsp3) is 0.444. The Bertz CT molecular complexity index is 896. The largest absolute Gasteiger partial charge is 0.506 e. The van der Waals surface area contributed by atoms with Gasteiger partial charge in [-0.1, -0.05) is 17.4 Å². The fourth-order valence-electron chi connectivity index (χ4n) is 3.63. The summed E-state index contributed by atoms with van der Waals surface area (Å²) in [6, 6.07) is 4.00. The zero-order valence-corrected chi connectivity index (χ0v) is 16.2. The van der Waals surface area contributed by atoms with Crippen molar-refractivity contribution in [3.8, 4) is 11.4 Å². The van der Waals surface area contributed by atoms with Crippen LogP contribution in [0.25, 0.3) is 16.0 Å². The summed E-state index contributed by atoms with van der Waals surface area (Å²) in [5.74, 6) is 0.230. The molecule has 2 N–H and O–H groups in total. The Hall–Kier alpha value is -2.16. The summed E-state index contributed by atoms with van der Waals surface area (Å²) in [5, 5.41) is 19.2. The van der Waals surface area contributed by atoms with Crippen LogP contribution in [-0.4, -0.2) is 64.2 Å². The van der Waals surface area contributed by atoms with E-state index in [0.717, 1.165) is 34.0 Å². The second kappa shape index (κ2) is 6.53. The van der Waals surface area contributed by atoms with Crippen molar-refractivity contribution in [2.75, 3.05) is 32.6 Å². The third kappa shape index (κ3) is 3.04. The van der Waals surface area contributed by atoms with Crippen LogP contribution in [0.5, 0.6) is 5.75 Å². The molecule has 0 unspecified atom stereocenters. The highest BCUT2D eigenvalue weighted by Gasteiger charge is 2.31. The van der Waals surface area contributed by atoms with E-state index >= 15 is 0 Å². The number of ether oxygens (including phenoxy) is 1. The minimum Gasteiger partial charge on any atom is -0.506 e. The predicted octanol–water partition coefficient (Wildman–Crippen LogP) is 2.55. The lowest BCUT2D eigenvalue weighted by Gasteiger charge is -2.17. The maximum absolute atomic E-state index is 10.3. The van der Waals surface area contributed by atoms with Gasteiger partial charge in [-0.15, -0.1) is 5.10 Å². The number of anilines is 1. The first-order valence-electron chi connectivity index (χ1n) is 8.59. The normalized spacial score (nSPS) is 20.9. The number of hydrogen-bond donors (Lipinski definition) is 2. The average molecular weight is 373 g/mol. The molecule has 1 aromatic carbocycles. The van der Waals surface area contributed by atoms with Crippen molar-refractivity contribution in [1.82, 2.24) is 19.7 Å². The van der Waals surface area contributed by atoms with Gasteiger partial charge in [0.2, 0.25) is 0 Å². The van der Waals surface area contributed by atoms with Crippen LogP contribution in [0, 0.1) is 13.8 Å². The highest BCUT2D eigenvalue weighted by atomic mass is 32.1. The Morgan fingerprint density at radius 2 is 2.12 bits per heavy atom. The molecule has 1 saturated heterocycles. The number of nitrogens with zero attached hydrogens (tertiary/aromatic N) is 4. The Balaban J connectivity index is 1.60. The van der Waals surface area contributed by atoms with Gasteiger partial charge in [0.25, 0.3) is 0 Å². The van der Waals surface area contributed by atoms with Crippen LogP contribution in [0.4, 0.5) is 5.13 Å². The second-order valence-electron chi connectivity index (χ2n) is 6.98. The molecule has 1 aliphatic heterocycles. The van der Waals surface area contributed by atoms with Gasteiger partial charge in [0, 0.05) is 20.2 Å². The Labute approximate surface area is 156 Å². The summed E-state index contributed by atoms with van der Waals surface area (Å²) in [6.45, 7) is 5.77. The summed E-state index contributed by atoms with van der Waals surface area (Å²) < 4.78 is 8.25. The number of likely N-dealkylation sites (N-methyl/N-ethyl adjacent to an activating group) is 1. The number of methoxy groups -OCH3 is 1. The molecular weight excluding hydrogens is 350 g/mol. The van der Waals surface area contributed by atoms with Gasteiger partial charge < -0.3 is 20.1 Å². The van der Waals surface area contributed by atoms with Crippen molar-refractivity contribution in [2.24, 2.45) is 0 Å². The van der Waals surface area contributed by atoms with E-state index < -0.39 is 0 Å². The molecule has 0 aliphatic carbocycles. The lowest BCUT2D eigenvalue weighted by molar-refractivity contribution is 0.104. The molecule has 3 heterocycles. The number of phenolic OH excluding ortho intramolecular Hbond substituents is 1. The number of aromatic nitrogens is 3. The highest BCUT2D eigenvalue weighted by molar-refractivity contribution is 7.22. The third-order valence-electron chi connectivity index (χ3n) is 4.79. The second-order valence-corrected chi connectivity index (χ2v) is 8.01. The molecule has 4 rings (SSSR count). The average Bonchev–Trinajstić information content (AvgIpc) is 3.19.